The van der Waals surface area contributed by atoms with Crippen LogP contribution in [0.25, 0.3) is 0 Å². The Morgan fingerprint density at radius 2 is 1.59 bits per heavy atom. The number of nitrogens with one attached hydrogen (secondary N) is 3. The molecule has 0 bridgehead atoms. The summed E-state index contributed by atoms with van der Waals surface area (Å²) in [5, 5.41) is 14.9. The van der Waals surface area contributed by atoms with E-state index in [0.717, 1.165) is 11.1 Å². The molecule has 3 rings (SSSR count). The first-order valence-electron chi connectivity index (χ1n) is 10.3. The fourth-order valence-electron chi connectivity index (χ4n) is 3.61. The van der Waals surface area contributed by atoms with Crippen molar-refractivity contribution in [3.8, 4) is 0 Å². The van der Waals surface area contributed by atoms with Gasteiger partial charge in [0.2, 0.25) is 0 Å². The molecule has 4 N–H and O–H groups in total. The summed E-state index contributed by atoms with van der Waals surface area (Å²) in [5.41, 5.74) is 2.46. The van der Waals surface area contributed by atoms with E-state index in [1.165, 1.54) is 6.20 Å². The average Bonchev–Trinajstić information content (AvgIpc) is 2.74. The average molecular weight is 527 g/mol. The third-order valence-electron chi connectivity index (χ3n) is 5.31. The van der Waals surface area contributed by atoms with Crippen LogP contribution < -0.4 is 16.3 Å². The maximum atomic E-state index is 12.9. The van der Waals surface area contributed by atoms with E-state index in [-0.39, 0.29) is 17.8 Å². The molecular weight excluding hydrogens is 504 g/mol. The zero-order valence-corrected chi connectivity index (χ0v) is 20.3. The molecule has 1 unspecified atom stereocenters. The van der Waals surface area contributed by atoms with Crippen molar-refractivity contribution in [3.63, 3.8) is 0 Å². The molecule has 9 nitrogen and oxygen atoms in total. The third kappa shape index (κ3) is 5.57. The zero-order chi connectivity index (χ0) is 25.0. The Labute approximate surface area is 203 Å². The van der Waals surface area contributed by atoms with Gasteiger partial charge < -0.3 is 15.7 Å². The summed E-state index contributed by atoms with van der Waals surface area (Å²) < 4.78 is 0.529. The van der Waals surface area contributed by atoms with Crippen LogP contribution in [0.4, 0.5) is 5.82 Å². The van der Waals surface area contributed by atoms with Crippen LogP contribution in [0.2, 0.25) is 0 Å². The number of aliphatic carboxylic acids is 1. The molecule has 176 valence electrons. The Bertz CT molecular complexity index is 1290. The molecule has 10 heteroatoms. The number of amides is 2. The molecule has 0 saturated heterocycles. The van der Waals surface area contributed by atoms with Gasteiger partial charge in [-0.15, -0.1) is 0 Å². The highest BCUT2D eigenvalue weighted by atomic mass is 79.9. The summed E-state index contributed by atoms with van der Waals surface area (Å²) in [5.74, 6) is -2.30. The van der Waals surface area contributed by atoms with Crippen LogP contribution in [0, 0.1) is 20.8 Å². The number of nitrogens with zero attached hydrogens (tertiary/aromatic N) is 1. The second-order valence-electron chi connectivity index (χ2n) is 7.81. The molecule has 0 aliphatic rings. The van der Waals surface area contributed by atoms with E-state index in [1.807, 2.05) is 6.07 Å². The van der Waals surface area contributed by atoms with Gasteiger partial charge in [0.1, 0.15) is 11.9 Å². The maximum Gasteiger partial charge on any atom is 0.346 e. The van der Waals surface area contributed by atoms with Crippen molar-refractivity contribution in [2.24, 2.45) is 0 Å². The Morgan fingerprint density at radius 1 is 1.00 bits per heavy atom. The first-order valence-corrected chi connectivity index (χ1v) is 11.1. The van der Waals surface area contributed by atoms with Crippen LogP contribution in [-0.2, 0) is 11.2 Å². The zero-order valence-electron chi connectivity index (χ0n) is 18.7. The van der Waals surface area contributed by atoms with Gasteiger partial charge in [0, 0.05) is 28.2 Å². The normalized spacial score (nSPS) is 11.5. The number of aromatic amines is 1. The molecule has 1 heterocycles. The number of aromatic nitrogens is 2. The van der Waals surface area contributed by atoms with Gasteiger partial charge in [-0.3, -0.25) is 14.6 Å². The predicted molar refractivity (Wildman–Crippen MR) is 130 cm³/mol. The van der Waals surface area contributed by atoms with Gasteiger partial charge >= 0.3 is 11.7 Å². The fraction of sp³-hybridized carbons (Fsp3) is 0.208. The minimum Gasteiger partial charge on any atom is -0.480 e. The van der Waals surface area contributed by atoms with E-state index in [2.05, 4.69) is 36.5 Å². The number of carbonyl (C=O) groups is 3. The van der Waals surface area contributed by atoms with Crippen LogP contribution in [-0.4, -0.2) is 38.9 Å². The third-order valence-corrected chi connectivity index (χ3v) is 5.97. The van der Waals surface area contributed by atoms with Crippen LogP contribution in [0.15, 0.2) is 51.9 Å². The summed E-state index contributed by atoms with van der Waals surface area (Å²) in [6.45, 7) is 5.32. The van der Waals surface area contributed by atoms with Crippen LogP contribution in [0.1, 0.15) is 43.0 Å². The quantitative estimate of drug-likeness (QED) is 0.372. The number of rotatable bonds is 7. The topological polar surface area (TPSA) is 141 Å². The molecule has 0 radical (unpaired) electrons. The molecule has 1 atom stereocenters. The van der Waals surface area contributed by atoms with Crippen LogP contribution in [0.3, 0.4) is 0 Å². The molecule has 0 aliphatic carbocycles. The number of hydrogen-bond acceptors (Lipinski definition) is 5. The first kappa shape index (κ1) is 24.8. The molecule has 3 aromatic rings. The lowest BCUT2D eigenvalue weighted by molar-refractivity contribution is -0.139. The molecule has 0 fully saturated rings. The first-order chi connectivity index (χ1) is 16.1. The molecule has 0 spiro atoms. The van der Waals surface area contributed by atoms with Crippen molar-refractivity contribution in [3.05, 3.63) is 90.9 Å². The maximum absolute atomic E-state index is 12.9. The molecular formula is C24H23BrN4O5. The molecule has 2 aromatic carbocycles. The molecule has 0 saturated carbocycles. The number of H-pyrrole nitrogens is 1. The lowest BCUT2D eigenvalue weighted by Gasteiger charge is -2.18. The molecule has 2 amide bonds. The Balaban J connectivity index is 1.89. The van der Waals surface area contributed by atoms with Crippen molar-refractivity contribution in [2.45, 2.75) is 33.2 Å². The smallest absolute Gasteiger partial charge is 0.346 e. The fourth-order valence-corrected chi connectivity index (χ4v) is 4.25. The minimum absolute atomic E-state index is 0.0187. The number of carboxylic acids is 1. The number of carboxylic acid groups (broad SMARTS) is 1. The second kappa shape index (κ2) is 10.4. The number of benzene rings is 2. The largest absolute Gasteiger partial charge is 0.480 e. The van der Waals surface area contributed by atoms with Gasteiger partial charge in [0.15, 0.2) is 0 Å². The highest BCUT2D eigenvalue weighted by Crippen LogP contribution is 2.21. The van der Waals surface area contributed by atoms with Crippen LogP contribution >= 0.6 is 15.9 Å². The van der Waals surface area contributed by atoms with Crippen molar-refractivity contribution >= 4 is 39.5 Å². The standard InChI is InChI=1S/C24H23BrN4O5/c1-12-6-4-7-13(2)18(12)21(30)28-20-15(11-26-24(34)29-20)10-17(23(32)33)27-22(31)19-14(3)8-5-9-16(19)25/h4-9,11,17H,10H2,1-3H3,(H,27,31)(H,32,33)(H2,26,28,29,30,34). The van der Waals surface area contributed by atoms with E-state index in [9.17, 15) is 24.3 Å². The van der Waals surface area contributed by atoms with Crippen molar-refractivity contribution in [2.75, 3.05) is 5.32 Å². The lowest BCUT2D eigenvalue weighted by Crippen LogP contribution is -2.43. The highest BCUT2D eigenvalue weighted by Gasteiger charge is 2.25. The predicted octanol–water partition coefficient (Wildman–Crippen LogP) is 3.14. The van der Waals surface area contributed by atoms with Gasteiger partial charge in [0.25, 0.3) is 11.8 Å². The van der Waals surface area contributed by atoms with E-state index in [1.54, 1.807) is 51.1 Å². The second-order valence-corrected chi connectivity index (χ2v) is 8.66. The van der Waals surface area contributed by atoms with E-state index >= 15 is 0 Å². The van der Waals surface area contributed by atoms with Gasteiger partial charge in [-0.05, 0) is 59.5 Å². The number of aryl methyl sites for hydroxylation is 3. The van der Waals surface area contributed by atoms with Crippen molar-refractivity contribution < 1.29 is 19.5 Å². The van der Waals surface area contributed by atoms with Crippen molar-refractivity contribution in [1.29, 1.82) is 0 Å². The summed E-state index contributed by atoms with van der Waals surface area (Å²) >= 11 is 3.32. The van der Waals surface area contributed by atoms with Gasteiger partial charge in [-0.25, -0.2) is 14.6 Å². The van der Waals surface area contributed by atoms with Crippen molar-refractivity contribution in [1.82, 2.24) is 15.3 Å². The van der Waals surface area contributed by atoms with Crippen LogP contribution in [0.5, 0.6) is 0 Å². The summed E-state index contributed by atoms with van der Waals surface area (Å²) in [6.07, 6.45) is 0.960. The van der Waals surface area contributed by atoms with E-state index in [4.69, 9.17) is 0 Å². The molecule has 34 heavy (non-hydrogen) atoms. The Morgan fingerprint density at radius 3 is 2.18 bits per heavy atom. The van der Waals surface area contributed by atoms with E-state index in [0.29, 0.717) is 21.2 Å². The summed E-state index contributed by atoms with van der Waals surface area (Å²) in [4.78, 5) is 55.6. The minimum atomic E-state index is -1.34. The van der Waals surface area contributed by atoms with Gasteiger partial charge in [-0.2, -0.15) is 0 Å². The Kier molecular flexibility index (Phi) is 7.62. The van der Waals surface area contributed by atoms with Gasteiger partial charge in [-0.1, -0.05) is 30.3 Å². The Hall–Kier alpha value is -3.79. The number of anilines is 1. The highest BCUT2D eigenvalue weighted by molar-refractivity contribution is 9.10. The summed E-state index contributed by atoms with van der Waals surface area (Å²) in [6, 6.07) is 9.25. The number of carbonyl (C=O) groups excluding carboxylic acids is 2. The van der Waals surface area contributed by atoms with Gasteiger partial charge in [0.05, 0.1) is 5.56 Å². The molecule has 0 aliphatic heterocycles. The lowest BCUT2D eigenvalue weighted by atomic mass is 10.0. The monoisotopic (exact) mass is 526 g/mol. The number of halogens is 1. The number of hydrogen-bond donors (Lipinski definition) is 4. The SMILES string of the molecule is Cc1cccc(C)c1C(=O)Nc1[nH]c(=O)ncc1CC(NC(=O)c1c(C)cccc1Br)C(=O)O. The van der Waals surface area contributed by atoms with E-state index < -0.39 is 29.5 Å². The molecule has 1 aromatic heterocycles. The summed E-state index contributed by atoms with van der Waals surface area (Å²) in [7, 11) is 0.